The first kappa shape index (κ1) is 10.7. The minimum Gasteiger partial charge on any atom is -0.480 e. The highest BCUT2D eigenvalue weighted by atomic mass is 19.1. The summed E-state index contributed by atoms with van der Waals surface area (Å²) in [5.41, 5.74) is -2.14. The van der Waals surface area contributed by atoms with Gasteiger partial charge in [0.05, 0.1) is 13.2 Å². The molecule has 1 amide bonds. The molecule has 1 heterocycles. The van der Waals surface area contributed by atoms with Crippen LogP contribution in [0.3, 0.4) is 0 Å². The fraction of sp³-hybridized carbons (Fsp3) is 0.714. The first-order valence-electron chi connectivity index (χ1n) is 3.92. The van der Waals surface area contributed by atoms with E-state index in [0.29, 0.717) is 4.90 Å². The largest absolute Gasteiger partial charge is 0.480 e. The summed E-state index contributed by atoms with van der Waals surface area (Å²) in [6, 6.07) is -1.41. The second-order valence-electron chi connectivity index (χ2n) is 3.28. The third-order valence-electron chi connectivity index (χ3n) is 2.20. The maximum atomic E-state index is 13.4. The van der Waals surface area contributed by atoms with E-state index in [4.69, 9.17) is 15.3 Å². The number of alkyl halides is 1. The molecule has 1 fully saturated rings. The number of rotatable bonds is 2. The molecular formula is C7H10FNO5. The Kier molecular flexibility index (Phi) is 2.61. The van der Waals surface area contributed by atoms with Crippen molar-refractivity contribution in [1.29, 1.82) is 0 Å². The van der Waals surface area contributed by atoms with Crippen molar-refractivity contribution in [3.63, 3.8) is 0 Å². The van der Waals surface area contributed by atoms with Gasteiger partial charge in [0.15, 0.2) is 5.67 Å². The van der Waals surface area contributed by atoms with E-state index in [0.717, 1.165) is 0 Å². The summed E-state index contributed by atoms with van der Waals surface area (Å²) in [6.07, 6.45) is -2.00. The van der Waals surface area contributed by atoms with Crippen LogP contribution in [-0.4, -0.2) is 57.1 Å². The van der Waals surface area contributed by atoms with Gasteiger partial charge in [0.1, 0.15) is 6.04 Å². The van der Waals surface area contributed by atoms with Crippen molar-refractivity contribution in [2.75, 3.05) is 13.2 Å². The van der Waals surface area contributed by atoms with Crippen molar-refractivity contribution in [1.82, 2.24) is 4.90 Å². The van der Waals surface area contributed by atoms with Gasteiger partial charge in [-0.15, -0.1) is 0 Å². The maximum absolute atomic E-state index is 13.4. The van der Waals surface area contributed by atoms with E-state index in [9.17, 15) is 14.0 Å². The minimum atomic E-state index is -2.14. The summed E-state index contributed by atoms with van der Waals surface area (Å²) in [7, 11) is 0. The van der Waals surface area contributed by atoms with Crippen LogP contribution in [0.4, 0.5) is 9.18 Å². The minimum absolute atomic E-state index is 0.485. The van der Waals surface area contributed by atoms with E-state index in [1.807, 2.05) is 0 Å². The molecule has 0 saturated carbocycles. The molecule has 0 bridgehead atoms. The summed E-state index contributed by atoms with van der Waals surface area (Å²) in [4.78, 5) is 21.6. The van der Waals surface area contributed by atoms with Gasteiger partial charge in [0.2, 0.25) is 0 Å². The molecule has 1 rings (SSSR count). The molecule has 14 heavy (non-hydrogen) atoms. The molecule has 2 atom stereocenters. The highest BCUT2D eigenvalue weighted by Crippen LogP contribution is 2.30. The van der Waals surface area contributed by atoms with E-state index in [1.54, 1.807) is 0 Å². The van der Waals surface area contributed by atoms with Crippen LogP contribution in [0.2, 0.25) is 0 Å². The summed E-state index contributed by atoms with van der Waals surface area (Å²) >= 11 is 0. The second kappa shape index (κ2) is 3.41. The number of aliphatic hydroxyl groups excluding tert-OH is 1. The first-order chi connectivity index (χ1) is 6.39. The Hall–Kier alpha value is -1.37. The highest BCUT2D eigenvalue weighted by Gasteiger charge is 2.49. The van der Waals surface area contributed by atoms with Crippen molar-refractivity contribution in [2.45, 2.75) is 18.1 Å². The predicted molar refractivity (Wildman–Crippen MR) is 41.7 cm³/mol. The van der Waals surface area contributed by atoms with E-state index < -0.39 is 43.3 Å². The van der Waals surface area contributed by atoms with Crippen LogP contribution in [-0.2, 0) is 4.79 Å². The molecule has 7 heteroatoms. The number of carboxylic acid groups (broad SMARTS) is 2. The molecular weight excluding hydrogens is 197 g/mol. The normalized spacial score (nSPS) is 31.9. The summed E-state index contributed by atoms with van der Waals surface area (Å²) in [5.74, 6) is -1.40. The topological polar surface area (TPSA) is 98.1 Å². The van der Waals surface area contributed by atoms with Gasteiger partial charge >= 0.3 is 12.1 Å². The average molecular weight is 207 g/mol. The molecule has 0 radical (unpaired) electrons. The van der Waals surface area contributed by atoms with Crippen molar-refractivity contribution in [2.24, 2.45) is 0 Å². The van der Waals surface area contributed by atoms with Crippen molar-refractivity contribution in [3.8, 4) is 0 Å². The summed E-state index contributed by atoms with van der Waals surface area (Å²) in [5, 5.41) is 25.8. The zero-order chi connectivity index (χ0) is 10.9. The van der Waals surface area contributed by atoms with Crippen LogP contribution in [0.25, 0.3) is 0 Å². The fourth-order valence-electron chi connectivity index (χ4n) is 1.47. The smallest absolute Gasteiger partial charge is 0.408 e. The van der Waals surface area contributed by atoms with Gasteiger partial charge in [-0.2, -0.15) is 0 Å². The van der Waals surface area contributed by atoms with Crippen molar-refractivity contribution < 1.29 is 29.3 Å². The van der Waals surface area contributed by atoms with E-state index in [-0.39, 0.29) is 0 Å². The van der Waals surface area contributed by atoms with E-state index in [2.05, 4.69) is 0 Å². The number of amides is 1. The number of aliphatic hydroxyl groups is 1. The van der Waals surface area contributed by atoms with Crippen LogP contribution >= 0.6 is 0 Å². The molecule has 3 N–H and O–H groups in total. The number of carbonyl (C=O) groups is 2. The Balaban J connectivity index is 2.85. The number of halogens is 1. The molecule has 1 saturated heterocycles. The lowest BCUT2D eigenvalue weighted by Crippen LogP contribution is -2.40. The first-order valence-corrected chi connectivity index (χ1v) is 3.92. The van der Waals surface area contributed by atoms with Gasteiger partial charge in [-0.05, 0) is 0 Å². The summed E-state index contributed by atoms with van der Waals surface area (Å²) < 4.78 is 13.4. The van der Waals surface area contributed by atoms with Gasteiger partial charge in [0.25, 0.3) is 0 Å². The number of aliphatic carboxylic acids is 1. The van der Waals surface area contributed by atoms with Gasteiger partial charge in [-0.1, -0.05) is 0 Å². The SMILES string of the molecule is O=C(O)C1CC(F)(CO)CN1C(=O)O. The molecule has 0 spiro atoms. The molecule has 80 valence electrons. The lowest BCUT2D eigenvalue weighted by Gasteiger charge is -2.17. The zero-order valence-electron chi connectivity index (χ0n) is 7.18. The molecule has 2 unspecified atom stereocenters. The van der Waals surface area contributed by atoms with Gasteiger partial charge < -0.3 is 15.3 Å². The van der Waals surface area contributed by atoms with Gasteiger partial charge in [-0.25, -0.2) is 14.0 Å². The molecule has 6 nitrogen and oxygen atoms in total. The Labute approximate surface area is 78.6 Å². The maximum Gasteiger partial charge on any atom is 0.408 e. The third kappa shape index (κ3) is 1.77. The van der Waals surface area contributed by atoms with E-state index >= 15 is 0 Å². The van der Waals surface area contributed by atoms with Crippen LogP contribution in [0.5, 0.6) is 0 Å². The highest BCUT2D eigenvalue weighted by molar-refractivity contribution is 5.80. The molecule has 0 aromatic heterocycles. The average Bonchev–Trinajstić information content (AvgIpc) is 2.45. The van der Waals surface area contributed by atoms with Crippen LogP contribution in [0, 0.1) is 0 Å². The quantitative estimate of drug-likeness (QED) is 0.568. The monoisotopic (exact) mass is 207 g/mol. The van der Waals surface area contributed by atoms with E-state index in [1.165, 1.54) is 0 Å². The zero-order valence-corrected chi connectivity index (χ0v) is 7.18. The molecule has 0 aromatic rings. The Morgan fingerprint density at radius 2 is 2.07 bits per heavy atom. The number of carboxylic acids is 1. The fourth-order valence-corrected chi connectivity index (χ4v) is 1.47. The summed E-state index contributed by atoms with van der Waals surface area (Å²) in [6.45, 7) is -1.48. The van der Waals surface area contributed by atoms with Crippen molar-refractivity contribution >= 4 is 12.1 Å². The lowest BCUT2D eigenvalue weighted by atomic mass is 10.0. The molecule has 1 aliphatic heterocycles. The lowest BCUT2D eigenvalue weighted by molar-refractivity contribution is -0.141. The Bertz CT molecular complexity index is 247. The molecule has 1 aliphatic rings. The molecule has 0 aliphatic carbocycles. The number of hydrogen-bond donors (Lipinski definition) is 3. The molecule has 0 aromatic carbocycles. The number of hydrogen-bond acceptors (Lipinski definition) is 3. The van der Waals surface area contributed by atoms with Crippen LogP contribution in [0.1, 0.15) is 6.42 Å². The predicted octanol–water partition coefficient (Wildman–Crippen LogP) is -0.476. The second-order valence-corrected chi connectivity index (χ2v) is 3.28. The van der Waals surface area contributed by atoms with Gasteiger partial charge in [-0.3, -0.25) is 4.90 Å². The van der Waals surface area contributed by atoms with Crippen LogP contribution in [0.15, 0.2) is 0 Å². The standard InChI is InChI=1S/C7H10FNO5/c8-7(3-10)1-4(5(11)12)9(2-7)6(13)14/h4,10H,1-3H2,(H,11,12)(H,13,14). The van der Waals surface area contributed by atoms with Crippen molar-refractivity contribution in [3.05, 3.63) is 0 Å². The Morgan fingerprint density at radius 1 is 1.50 bits per heavy atom. The number of likely N-dealkylation sites (tertiary alicyclic amines) is 1. The third-order valence-corrected chi connectivity index (χ3v) is 2.20. The number of nitrogens with zero attached hydrogens (tertiary/aromatic N) is 1. The Morgan fingerprint density at radius 3 is 2.36 bits per heavy atom. The van der Waals surface area contributed by atoms with Gasteiger partial charge in [0, 0.05) is 6.42 Å². The van der Waals surface area contributed by atoms with Crippen LogP contribution < -0.4 is 0 Å².